The standard InChI is InChI=1S/C28H35N5O/c1-7-20-10-9-11-21(16-20)31-27-23-17-24(26(34-8-2)18-25(23)29-19-30-27)28(3,4)33(6)22-12-14-32(5)15-13-22/h1,9-11,16-19,22H,8,12-15H2,2-6H3,(H,29,30,31). The van der Waals surface area contributed by atoms with Crippen LogP contribution >= 0.6 is 0 Å². The molecule has 1 fully saturated rings. The molecule has 0 unspecified atom stereocenters. The summed E-state index contributed by atoms with van der Waals surface area (Å²) in [5.74, 6) is 4.31. The Labute approximate surface area is 203 Å². The number of anilines is 2. The quantitative estimate of drug-likeness (QED) is 0.503. The Morgan fingerprint density at radius 2 is 1.97 bits per heavy atom. The van der Waals surface area contributed by atoms with E-state index in [1.165, 1.54) is 0 Å². The Kier molecular flexibility index (Phi) is 7.06. The zero-order valence-electron chi connectivity index (χ0n) is 20.9. The number of aromatic nitrogens is 2. The lowest BCUT2D eigenvalue weighted by Crippen LogP contribution is -2.49. The number of nitrogens with zero attached hydrogens (tertiary/aromatic N) is 4. The van der Waals surface area contributed by atoms with Crippen molar-refractivity contribution >= 4 is 22.4 Å². The Balaban J connectivity index is 1.76. The van der Waals surface area contributed by atoms with Crippen molar-refractivity contribution in [2.75, 3.05) is 39.1 Å². The normalized spacial score (nSPS) is 15.4. The summed E-state index contributed by atoms with van der Waals surface area (Å²) in [6.07, 6.45) is 9.50. The maximum atomic E-state index is 6.14. The lowest BCUT2D eigenvalue weighted by molar-refractivity contribution is 0.0571. The van der Waals surface area contributed by atoms with Crippen molar-refractivity contribution in [2.45, 2.75) is 45.2 Å². The summed E-state index contributed by atoms with van der Waals surface area (Å²) in [4.78, 5) is 14.0. The predicted molar refractivity (Wildman–Crippen MR) is 140 cm³/mol. The zero-order chi connectivity index (χ0) is 24.3. The SMILES string of the molecule is C#Cc1cccc(Nc2ncnc3cc(OCC)c(C(C)(C)N(C)C4CCN(C)CC4)cc23)c1. The predicted octanol–water partition coefficient (Wildman–Crippen LogP) is 5.01. The summed E-state index contributed by atoms with van der Waals surface area (Å²) in [6, 6.07) is 12.6. The Bertz CT molecular complexity index is 1190. The van der Waals surface area contributed by atoms with E-state index in [0.717, 1.165) is 65.2 Å². The molecule has 2 aromatic carbocycles. The minimum Gasteiger partial charge on any atom is -0.493 e. The highest BCUT2D eigenvalue weighted by molar-refractivity contribution is 5.92. The molecule has 0 bridgehead atoms. The number of hydrogen-bond donors (Lipinski definition) is 1. The van der Waals surface area contributed by atoms with E-state index >= 15 is 0 Å². The molecule has 6 heteroatoms. The summed E-state index contributed by atoms with van der Waals surface area (Å²) in [6.45, 7) is 9.43. The largest absolute Gasteiger partial charge is 0.493 e. The van der Waals surface area contributed by atoms with Gasteiger partial charge in [-0.1, -0.05) is 12.0 Å². The fourth-order valence-corrected chi connectivity index (χ4v) is 4.79. The summed E-state index contributed by atoms with van der Waals surface area (Å²) in [5, 5.41) is 4.40. The van der Waals surface area contributed by atoms with Crippen molar-refractivity contribution in [1.82, 2.24) is 19.8 Å². The van der Waals surface area contributed by atoms with Crippen molar-refractivity contribution in [1.29, 1.82) is 0 Å². The summed E-state index contributed by atoms with van der Waals surface area (Å²) >= 11 is 0. The van der Waals surface area contributed by atoms with Gasteiger partial charge in [0.15, 0.2) is 0 Å². The highest BCUT2D eigenvalue weighted by atomic mass is 16.5. The molecule has 0 saturated carbocycles. The maximum Gasteiger partial charge on any atom is 0.141 e. The van der Waals surface area contributed by atoms with Gasteiger partial charge in [0.25, 0.3) is 0 Å². The average molecular weight is 458 g/mol. The number of piperidine rings is 1. The fraction of sp³-hybridized carbons (Fsp3) is 0.429. The van der Waals surface area contributed by atoms with Crippen LogP contribution in [0.25, 0.3) is 10.9 Å². The van der Waals surface area contributed by atoms with Crippen LogP contribution in [-0.4, -0.2) is 59.6 Å². The van der Waals surface area contributed by atoms with Crippen LogP contribution in [0.1, 0.15) is 44.7 Å². The van der Waals surface area contributed by atoms with Crippen molar-refractivity contribution < 1.29 is 4.74 Å². The first-order valence-corrected chi connectivity index (χ1v) is 12.0. The third kappa shape index (κ3) is 4.86. The Morgan fingerprint density at radius 1 is 1.21 bits per heavy atom. The molecule has 0 radical (unpaired) electrons. The van der Waals surface area contributed by atoms with Crippen LogP contribution in [0.4, 0.5) is 11.5 Å². The van der Waals surface area contributed by atoms with Crippen LogP contribution in [0.2, 0.25) is 0 Å². The van der Waals surface area contributed by atoms with Crippen molar-refractivity contribution in [2.24, 2.45) is 0 Å². The Hall–Kier alpha value is -3.14. The molecule has 4 rings (SSSR count). The number of likely N-dealkylation sites (tertiary alicyclic amines) is 1. The van der Waals surface area contributed by atoms with Gasteiger partial charge in [0.1, 0.15) is 17.9 Å². The summed E-state index contributed by atoms with van der Waals surface area (Å²) in [7, 11) is 4.44. The van der Waals surface area contributed by atoms with E-state index in [1.54, 1.807) is 6.33 Å². The second kappa shape index (κ2) is 10.0. The maximum absolute atomic E-state index is 6.14. The van der Waals surface area contributed by atoms with E-state index in [1.807, 2.05) is 37.3 Å². The van der Waals surface area contributed by atoms with Gasteiger partial charge < -0.3 is 15.0 Å². The number of terminal acetylenes is 1. The smallest absolute Gasteiger partial charge is 0.141 e. The molecule has 0 aliphatic carbocycles. The fourth-order valence-electron chi connectivity index (χ4n) is 4.79. The number of ether oxygens (including phenoxy) is 1. The molecule has 3 aromatic rings. The molecule has 178 valence electrons. The number of hydrogen-bond acceptors (Lipinski definition) is 6. The highest BCUT2D eigenvalue weighted by Gasteiger charge is 2.35. The van der Waals surface area contributed by atoms with Crippen LogP contribution in [-0.2, 0) is 5.54 Å². The first-order valence-electron chi connectivity index (χ1n) is 12.0. The molecule has 1 saturated heterocycles. The third-order valence-electron chi connectivity index (χ3n) is 7.11. The number of nitrogens with one attached hydrogen (secondary N) is 1. The molecular weight excluding hydrogens is 422 g/mol. The van der Waals surface area contributed by atoms with Crippen LogP contribution in [0.5, 0.6) is 5.75 Å². The van der Waals surface area contributed by atoms with E-state index in [-0.39, 0.29) is 5.54 Å². The average Bonchev–Trinajstić information content (AvgIpc) is 2.84. The van der Waals surface area contributed by atoms with Crippen molar-refractivity contribution in [3.05, 3.63) is 53.9 Å². The topological polar surface area (TPSA) is 53.5 Å². The Morgan fingerprint density at radius 3 is 2.68 bits per heavy atom. The minimum atomic E-state index is -0.240. The van der Waals surface area contributed by atoms with Crippen LogP contribution < -0.4 is 10.1 Å². The molecule has 1 aromatic heterocycles. The van der Waals surface area contributed by atoms with E-state index in [9.17, 15) is 0 Å². The first kappa shape index (κ1) is 24.0. The molecule has 1 aliphatic heterocycles. The van der Waals surface area contributed by atoms with Crippen LogP contribution in [0, 0.1) is 12.3 Å². The lowest BCUT2D eigenvalue weighted by atomic mass is 9.87. The molecule has 6 nitrogen and oxygen atoms in total. The molecular formula is C28H35N5O. The monoisotopic (exact) mass is 457 g/mol. The van der Waals surface area contributed by atoms with Gasteiger partial charge in [-0.15, -0.1) is 6.42 Å². The van der Waals surface area contributed by atoms with Gasteiger partial charge >= 0.3 is 0 Å². The molecule has 1 aliphatic rings. The van der Waals surface area contributed by atoms with Gasteiger partial charge in [-0.05, 0) is 85.1 Å². The van der Waals surface area contributed by atoms with Gasteiger partial charge in [0.05, 0.1) is 12.1 Å². The second-order valence-corrected chi connectivity index (χ2v) is 9.58. The zero-order valence-corrected chi connectivity index (χ0v) is 20.9. The van der Waals surface area contributed by atoms with E-state index in [0.29, 0.717) is 12.6 Å². The highest BCUT2D eigenvalue weighted by Crippen LogP contribution is 2.40. The second-order valence-electron chi connectivity index (χ2n) is 9.58. The minimum absolute atomic E-state index is 0.240. The molecule has 0 atom stereocenters. The van der Waals surface area contributed by atoms with Crippen LogP contribution in [0.3, 0.4) is 0 Å². The van der Waals surface area contributed by atoms with Gasteiger partial charge in [0, 0.05) is 39.8 Å². The number of fused-ring (bicyclic) bond motifs is 1. The summed E-state index contributed by atoms with van der Waals surface area (Å²) in [5.41, 5.74) is 3.46. The van der Waals surface area contributed by atoms with Gasteiger partial charge in [-0.2, -0.15) is 0 Å². The van der Waals surface area contributed by atoms with Gasteiger partial charge in [-0.25, -0.2) is 9.97 Å². The van der Waals surface area contributed by atoms with Crippen molar-refractivity contribution in [3.8, 4) is 18.1 Å². The summed E-state index contributed by atoms with van der Waals surface area (Å²) < 4.78 is 6.14. The van der Waals surface area contributed by atoms with Gasteiger partial charge in [-0.3, -0.25) is 4.90 Å². The molecule has 2 heterocycles. The van der Waals surface area contributed by atoms with Crippen LogP contribution in [0.15, 0.2) is 42.7 Å². The number of benzene rings is 2. The molecule has 1 N–H and O–H groups in total. The third-order valence-corrected chi connectivity index (χ3v) is 7.11. The number of rotatable bonds is 7. The van der Waals surface area contributed by atoms with E-state index in [4.69, 9.17) is 11.2 Å². The van der Waals surface area contributed by atoms with E-state index < -0.39 is 0 Å². The molecule has 34 heavy (non-hydrogen) atoms. The van der Waals surface area contributed by atoms with Gasteiger partial charge in [0.2, 0.25) is 0 Å². The molecule has 0 spiro atoms. The van der Waals surface area contributed by atoms with E-state index in [2.05, 4.69) is 65.0 Å². The molecule has 0 amide bonds. The first-order chi connectivity index (χ1) is 16.3. The lowest BCUT2D eigenvalue weighted by Gasteiger charge is -2.45. The van der Waals surface area contributed by atoms with Crippen molar-refractivity contribution in [3.63, 3.8) is 0 Å².